The molecule has 1 heterocycles. The minimum absolute atomic E-state index is 0.806. The van der Waals surface area contributed by atoms with Crippen LogP contribution in [0.1, 0.15) is 26.7 Å². The first-order chi connectivity index (χ1) is 4.83. The third kappa shape index (κ3) is 2.51. The molecule has 1 aliphatic heterocycles. The van der Waals surface area contributed by atoms with E-state index < -0.39 is 0 Å². The van der Waals surface area contributed by atoms with Gasteiger partial charge in [-0.1, -0.05) is 13.8 Å². The van der Waals surface area contributed by atoms with E-state index in [2.05, 4.69) is 30.9 Å². The van der Waals surface area contributed by atoms with Crippen LogP contribution in [0.4, 0.5) is 0 Å². The molecule has 0 aliphatic carbocycles. The van der Waals surface area contributed by atoms with Crippen LogP contribution in [0, 0.1) is 0 Å². The largest absolute Gasteiger partial charge is 0.313 e. The molecule has 2 unspecified atom stereocenters. The molecule has 2 atom stereocenters. The van der Waals surface area contributed by atoms with Crippen LogP contribution in [0.25, 0.3) is 0 Å². The van der Waals surface area contributed by atoms with E-state index in [4.69, 9.17) is 0 Å². The van der Waals surface area contributed by atoms with Gasteiger partial charge in [0.25, 0.3) is 0 Å². The van der Waals surface area contributed by atoms with Crippen molar-refractivity contribution in [2.24, 2.45) is 0 Å². The SMILES string of the molecule is CCCNC1CSC(C)C1. The second-order valence-corrected chi connectivity index (χ2v) is 4.50. The summed E-state index contributed by atoms with van der Waals surface area (Å²) in [5, 5.41) is 4.42. The first-order valence-corrected chi connectivity index (χ1v) is 5.22. The topological polar surface area (TPSA) is 12.0 Å². The summed E-state index contributed by atoms with van der Waals surface area (Å²) < 4.78 is 0. The highest BCUT2D eigenvalue weighted by molar-refractivity contribution is 8.00. The van der Waals surface area contributed by atoms with E-state index in [0.717, 1.165) is 11.3 Å². The summed E-state index contributed by atoms with van der Waals surface area (Å²) in [5.74, 6) is 1.32. The summed E-state index contributed by atoms with van der Waals surface area (Å²) in [6, 6.07) is 0.806. The minimum atomic E-state index is 0.806. The van der Waals surface area contributed by atoms with Gasteiger partial charge < -0.3 is 5.32 Å². The van der Waals surface area contributed by atoms with Crippen molar-refractivity contribution in [1.82, 2.24) is 5.32 Å². The van der Waals surface area contributed by atoms with Gasteiger partial charge in [0.15, 0.2) is 0 Å². The Bertz CT molecular complexity index is 95.3. The highest BCUT2D eigenvalue weighted by Crippen LogP contribution is 2.25. The summed E-state index contributed by atoms with van der Waals surface area (Å²) in [6.07, 6.45) is 2.63. The van der Waals surface area contributed by atoms with Gasteiger partial charge in [-0.3, -0.25) is 0 Å². The Labute approximate surface area is 68.0 Å². The Hall–Kier alpha value is 0.310. The van der Waals surface area contributed by atoms with Crippen LogP contribution in [0.5, 0.6) is 0 Å². The normalized spacial score (nSPS) is 33.0. The fourth-order valence-electron chi connectivity index (χ4n) is 1.31. The first kappa shape index (κ1) is 8.41. The summed E-state index contributed by atoms with van der Waals surface area (Å²) in [4.78, 5) is 0. The summed E-state index contributed by atoms with van der Waals surface area (Å²) >= 11 is 2.09. The van der Waals surface area contributed by atoms with Gasteiger partial charge in [0.2, 0.25) is 0 Å². The molecule has 1 aliphatic rings. The maximum Gasteiger partial charge on any atom is 0.0168 e. The third-order valence-corrected chi connectivity index (χ3v) is 3.24. The molecular formula is C8H17NS. The van der Waals surface area contributed by atoms with Gasteiger partial charge in [0.1, 0.15) is 0 Å². The number of thioether (sulfide) groups is 1. The Morgan fingerprint density at radius 1 is 1.60 bits per heavy atom. The van der Waals surface area contributed by atoms with E-state index in [1.807, 2.05) is 0 Å². The molecule has 1 N–H and O–H groups in total. The molecule has 0 spiro atoms. The average Bonchev–Trinajstić information content (AvgIpc) is 2.31. The zero-order valence-electron chi connectivity index (χ0n) is 6.89. The molecule has 10 heavy (non-hydrogen) atoms. The summed E-state index contributed by atoms with van der Waals surface area (Å²) in [5.41, 5.74) is 0. The number of hydrogen-bond donors (Lipinski definition) is 1. The fraction of sp³-hybridized carbons (Fsp3) is 1.00. The number of rotatable bonds is 3. The smallest absolute Gasteiger partial charge is 0.0168 e. The summed E-state index contributed by atoms with van der Waals surface area (Å²) in [6.45, 7) is 5.73. The van der Waals surface area contributed by atoms with Crippen LogP contribution < -0.4 is 5.32 Å². The van der Waals surface area contributed by atoms with Crippen molar-refractivity contribution in [2.75, 3.05) is 12.3 Å². The van der Waals surface area contributed by atoms with Gasteiger partial charge in [0.05, 0.1) is 0 Å². The van der Waals surface area contributed by atoms with Crippen molar-refractivity contribution >= 4 is 11.8 Å². The van der Waals surface area contributed by atoms with Crippen LogP contribution in [0.2, 0.25) is 0 Å². The van der Waals surface area contributed by atoms with Crippen molar-refractivity contribution in [3.8, 4) is 0 Å². The molecule has 0 aromatic rings. The Kier molecular flexibility index (Phi) is 3.57. The van der Waals surface area contributed by atoms with Crippen LogP contribution >= 0.6 is 11.8 Å². The van der Waals surface area contributed by atoms with E-state index in [0.29, 0.717) is 0 Å². The average molecular weight is 159 g/mol. The fourth-order valence-corrected chi connectivity index (χ4v) is 2.49. The third-order valence-electron chi connectivity index (χ3n) is 1.88. The number of hydrogen-bond acceptors (Lipinski definition) is 2. The Morgan fingerprint density at radius 2 is 2.40 bits per heavy atom. The van der Waals surface area contributed by atoms with Crippen LogP contribution in [-0.4, -0.2) is 23.6 Å². The lowest BCUT2D eigenvalue weighted by molar-refractivity contribution is 0.537. The van der Waals surface area contributed by atoms with Crippen LogP contribution in [0.3, 0.4) is 0 Å². The molecule has 2 heteroatoms. The van der Waals surface area contributed by atoms with Gasteiger partial charge in [-0.25, -0.2) is 0 Å². The molecule has 0 saturated carbocycles. The Morgan fingerprint density at radius 3 is 2.90 bits per heavy atom. The molecule has 0 amide bonds. The van der Waals surface area contributed by atoms with Crippen molar-refractivity contribution in [2.45, 2.75) is 38.0 Å². The second kappa shape index (κ2) is 4.24. The quantitative estimate of drug-likeness (QED) is 0.675. The lowest BCUT2D eigenvalue weighted by atomic mass is 10.2. The molecule has 60 valence electrons. The van der Waals surface area contributed by atoms with Crippen molar-refractivity contribution in [3.63, 3.8) is 0 Å². The standard InChI is InChI=1S/C8H17NS/c1-3-4-9-8-5-7(2)10-6-8/h7-9H,3-6H2,1-2H3. The van der Waals surface area contributed by atoms with E-state index >= 15 is 0 Å². The molecule has 1 nitrogen and oxygen atoms in total. The lowest BCUT2D eigenvalue weighted by Gasteiger charge is -2.09. The molecule has 0 aromatic carbocycles. The first-order valence-electron chi connectivity index (χ1n) is 4.18. The van der Waals surface area contributed by atoms with E-state index in [-0.39, 0.29) is 0 Å². The Balaban J connectivity index is 2.06. The highest BCUT2D eigenvalue weighted by Gasteiger charge is 2.20. The molecule has 0 bridgehead atoms. The molecule has 1 saturated heterocycles. The molecule has 0 radical (unpaired) electrons. The van der Waals surface area contributed by atoms with Gasteiger partial charge >= 0.3 is 0 Å². The van der Waals surface area contributed by atoms with Crippen molar-refractivity contribution in [1.29, 1.82) is 0 Å². The van der Waals surface area contributed by atoms with Crippen molar-refractivity contribution in [3.05, 3.63) is 0 Å². The maximum atomic E-state index is 3.54. The van der Waals surface area contributed by atoms with Crippen LogP contribution in [-0.2, 0) is 0 Å². The van der Waals surface area contributed by atoms with Crippen molar-refractivity contribution < 1.29 is 0 Å². The zero-order chi connectivity index (χ0) is 7.40. The predicted molar refractivity (Wildman–Crippen MR) is 48.6 cm³/mol. The maximum absolute atomic E-state index is 3.54. The van der Waals surface area contributed by atoms with Crippen LogP contribution in [0.15, 0.2) is 0 Å². The van der Waals surface area contributed by atoms with Gasteiger partial charge in [-0.05, 0) is 19.4 Å². The molecule has 1 fully saturated rings. The van der Waals surface area contributed by atoms with Gasteiger partial charge in [-0.2, -0.15) is 11.8 Å². The number of nitrogens with one attached hydrogen (secondary N) is 1. The molecule has 0 aromatic heterocycles. The minimum Gasteiger partial charge on any atom is -0.313 e. The monoisotopic (exact) mass is 159 g/mol. The van der Waals surface area contributed by atoms with Gasteiger partial charge in [0, 0.05) is 17.0 Å². The zero-order valence-corrected chi connectivity index (χ0v) is 7.71. The second-order valence-electron chi connectivity index (χ2n) is 3.03. The lowest BCUT2D eigenvalue weighted by Crippen LogP contribution is -2.29. The summed E-state index contributed by atoms with van der Waals surface area (Å²) in [7, 11) is 0. The van der Waals surface area contributed by atoms with Gasteiger partial charge in [-0.15, -0.1) is 0 Å². The molecular weight excluding hydrogens is 142 g/mol. The van der Waals surface area contributed by atoms with E-state index in [9.17, 15) is 0 Å². The predicted octanol–water partition coefficient (Wildman–Crippen LogP) is 1.88. The molecule has 1 rings (SSSR count). The van der Waals surface area contributed by atoms with E-state index in [1.165, 1.54) is 25.1 Å². The highest BCUT2D eigenvalue weighted by atomic mass is 32.2. The van der Waals surface area contributed by atoms with E-state index in [1.54, 1.807) is 0 Å².